The molecule has 0 amide bonds. The van der Waals surface area contributed by atoms with E-state index in [0.29, 0.717) is 12.2 Å². The molecule has 0 N–H and O–H groups in total. The quantitative estimate of drug-likeness (QED) is 0.713. The van der Waals surface area contributed by atoms with E-state index in [1.165, 1.54) is 7.05 Å². The van der Waals surface area contributed by atoms with E-state index in [-0.39, 0.29) is 11.4 Å². The van der Waals surface area contributed by atoms with Crippen molar-refractivity contribution in [2.75, 3.05) is 7.05 Å². The van der Waals surface area contributed by atoms with Crippen LogP contribution in [-0.4, -0.2) is 29.6 Å². The average molecular weight is 387 g/mol. The highest BCUT2D eigenvalue weighted by Crippen LogP contribution is 2.30. The van der Waals surface area contributed by atoms with Crippen molar-refractivity contribution in [3.8, 4) is 0 Å². The number of aromatic nitrogens is 2. The summed E-state index contributed by atoms with van der Waals surface area (Å²) in [6, 6.07) is 3.46. The molecule has 0 aliphatic rings. The number of halogens is 3. The van der Waals surface area contributed by atoms with Crippen molar-refractivity contribution in [3.05, 3.63) is 59.4 Å². The van der Waals surface area contributed by atoms with Crippen LogP contribution >= 0.6 is 0 Å². The van der Waals surface area contributed by atoms with Gasteiger partial charge in [-0.3, -0.25) is 4.68 Å². The SMILES string of the molecule is C=CCn1nc(C)c(CN(C)S(=O)(=O)c2ccc(C(F)(F)F)cc2)c1C. The largest absolute Gasteiger partial charge is 0.416 e. The number of aryl methyl sites for hydroxylation is 1. The summed E-state index contributed by atoms with van der Waals surface area (Å²) in [5.74, 6) is 0. The maximum atomic E-state index is 12.7. The van der Waals surface area contributed by atoms with Gasteiger partial charge in [-0.15, -0.1) is 6.58 Å². The molecule has 0 fully saturated rings. The first-order valence-corrected chi connectivity index (χ1v) is 9.20. The van der Waals surface area contributed by atoms with E-state index in [1.807, 2.05) is 6.92 Å². The molecule has 2 aromatic rings. The fourth-order valence-electron chi connectivity index (χ4n) is 2.57. The average Bonchev–Trinajstić information content (AvgIpc) is 2.82. The zero-order valence-electron chi connectivity index (χ0n) is 14.7. The summed E-state index contributed by atoms with van der Waals surface area (Å²) in [5.41, 5.74) is 1.37. The monoisotopic (exact) mass is 387 g/mol. The van der Waals surface area contributed by atoms with E-state index < -0.39 is 21.8 Å². The van der Waals surface area contributed by atoms with Crippen molar-refractivity contribution in [3.63, 3.8) is 0 Å². The molecule has 0 saturated carbocycles. The van der Waals surface area contributed by atoms with E-state index >= 15 is 0 Å². The normalized spacial score (nSPS) is 12.6. The molecule has 9 heteroatoms. The fraction of sp³-hybridized carbons (Fsp3) is 0.353. The minimum atomic E-state index is -4.51. The number of benzene rings is 1. The molecule has 5 nitrogen and oxygen atoms in total. The molecular formula is C17H20F3N3O2S. The van der Waals surface area contributed by atoms with Crippen molar-refractivity contribution in [2.45, 2.75) is 38.0 Å². The molecule has 26 heavy (non-hydrogen) atoms. The lowest BCUT2D eigenvalue weighted by Crippen LogP contribution is -2.27. The van der Waals surface area contributed by atoms with Gasteiger partial charge in [-0.2, -0.15) is 22.6 Å². The lowest BCUT2D eigenvalue weighted by Gasteiger charge is -2.18. The van der Waals surface area contributed by atoms with Gasteiger partial charge in [-0.05, 0) is 38.1 Å². The van der Waals surface area contributed by atoms with Gasteiger partial charge in [-0.25, -0.2) is 8.42 Å². The second-order valence-corrected chi connectivity index (χ2v) is 7.95. The van der Waals surface area contributed by atoms with E-state index in [1.54, 1.807) is 17.7 Å². The number of hydrogen-bond donors (Lipinski definition) is 0. The topological polar surface area (TPSA) is 55.2 Å². The van der Waals surface area contributed by atoms with Crippen LogP contribution in [0.3, 0.4) is 0 Å². The number of allylic oxidation sites excluding steroid dienone is 1. The number of alkyl halides is 3. The first-order chi connectivity index (χ1) is 12.0. The van der Waals surface area contributed by atoms with Gasteiger partial charge in [0.2, 0.25) is 10.0 Å². The zero-order valence-corrected chi connectivity index (χ0v) is 15.5. The Morgan fingerprint density at radius 2 is 1.81 bits per heavy atom. The summed E-state index contributed by atoms with van der Waals surface area (Å²) in [6.07, 6.45) is -2.83. The Labute approximate surface area is 150 Å². The molecule has 0 atom stereocenters. The van der Waals surface area contributed by atoms with Gasteiger partial charge in [0.05, 0.1) is 22.7 Å². The summed E-state index contributed by atoms with van der Waals surface area (Å²) in [4.78, 5) is -0.193. The summed E-state index contributed by atoms with van der Waals surface area (Å²) in [5, 5.41) is 4.35. The molecule has 0 saturated heterocycles. The minimum Gasteiger partial charge on any atom is -0.265 e. The molecule has 0 unspecified atom stereocenters. The van der Waals surface area contributed by atoms with Gasteiger partial charge >= 0.3 is 6.18 Å². The number of sulfonamides is 1. The minimum absolute atomic E-state index is 0.0676. The van der Waals surface area contributed by atoms with Crippen molar-refractivity contribution in [2.24, 2.45) is 0 Å². The molecule has 0 aliphatic heterocycles. The van der Waals surface area contributed by atoms with Crippen LogP contribution in [0.2, 0.25) is 0 Å². The van der Waals surface area contributed by atoms with Crippen LogP contribution in [0, 0.1) is 13.8 Å². The Kier molecular flexibility index (Phi) is 5.62. The number of hydrogen-bond acceptors (Lipinski definition) is 3. The second kappa shape index (κ2) is 7.24. The van der Waals surface area contributed by atoms with Crippen LogP contribution in [0.5, 0.6) is 0 Å². The lowest BCUT2D eigenvalue weighted by atomic mass is 10.2. The second-order valence-electron chi connectivity index (χ2n) is 5.90. The molecule has 1 aromatic heterocycles. The highest BCUT2D eigenvalue weighted by atomic mass is 32.2. The summed E-state index contributed by atoms with van der Waals surface area (Å²) in [7, 11) is -2.54. The number of nitrogens with zero attached hydrogens (tertiary/aromatic N) is 3. The van der Waals surface area contributed by atoms with E-state index in [0.717, 1.165) is 39.8 Å². The Morgan fingerprint density at radius 1 is 1.23 bits per heavy atom. The van der Waals surface area contributed by atoms with Gasteiger partial charge in [-0.1, -0.05) is 6.08 Å². The molecule has 1 aromatic carbocycles. The molecule has 0 spiro atoms. The third-order valence-electron chi connectivity index (χ3n) is 4.10. The van der Waals surface area contributed by atoms with Crippen molar-refractivity contribution < 1.29 is 21.6 Å². The molecule has 0 bridgehead atoms. The third-order valence-corrected chi connectivity index (χ3v) is 5.92. The molecular weight excluding hydrogens is 367 g/mol. The van der Waals surface area contributed by atoms with E-state index in [4.69, 9.17) is 0 Å². The van der Waals surface area contributed by atoms with Crippen molar-refractivity contribution in [1.82, 2.24) is 14.1 Å². The standard InChI is InChI=1S/C17H20F3N3O2S/c1-5-10-23-13(3)16(12(2)21-23)11-22(4)26(24,25)15-8-6-14(7-9-15)17(18,19)20/h5-9H,1,10-11H2,2-4H3. The third kappa shape index (κ3) is 3.99. The summed E-state index contributed by atoms with van der Waals surface area (Å²) >= 11 is 0. The molecule has 0 radical (unpaired) electrons. The van der Waals surface area contributed by atoms with Gasteiger partial charge in [0.15, 0.2) is 0 Å². The molecule has 1 heterocycles. The first-order valence-electron chi connectivity index (χ1n) is 7.76. The van der Waals surface area contributed by atoms with Crippen molar-refractivity contribution in [1.29, 1.82) is 0 Å². The fourth-order valence-corrected chi connectivity index (χ4v) is 3.71. The van der Waals surface area contributed by atoms with Gasteiger partial charge in [0.1, 0.15) is 0 Å². The summed E-state index contributed by atoms with van der Waals surface area (Å²) < 4.78 is 66.0. The van der Waals surface area contributed by atoms with Crippen LogP contribution in [0.4, 0.5) is 13.2 Å². The Hall–Kier alpha value is -2.13. The molecule has 2 rings (SSSR count). The predicted molar refractivity (Wildman–Crippen MR) is 92.0 cm³/mol. The predicted octanol–water partition coefficient (Wildman–Crippen LogP) is 3.53. The summed E-state index contributed by atoms with van der Waals surface area (Å²) in [6.45, 7) is 7.83. The molecule has 0 aliphatic carbocycles. The van der Waals surface area contributed by atoms with Crippen LogP contribution in [0.25, 0.3) is 0 Å². The number of rotatable bonds is 6. The highest BCUT2D eigenvalue weighted by molar-refractivity contribution is 7.89. The van der Waals surface area contributed by atoms with E-state index in [9.17, 15) is 21.6 Å². The zero-order chi connectivity index (χ0) is 19.7. The smallest absolute Gasteiger partial charge is 0.265 e. The molecule has 142 valence electrons. The lowest BCUT2D eigenvalue weighted by molar-refractivity contribution is -0.137. The van der Waals surface area contributed by atoms with Gasteiger partial charge in [0, 0.05) is 24.8 Å². The maximum absolute atomic E-state index is 12.7. The first kappa shape index (κ1) is 20.2. The van der Waals surface area contributed by atoms with Gasteiger partial charge < -0.3 is 0 Å². The highest BCUT2D eigenvalue weighted by Gasteiger charge is 2.31. The maximum Gasteiger partial charge on any atom is 0.416 e. The van der Waals surface area contributed by atoms with Crippen LogP contribution in [0.1, 0.15) is 22.5 Å². The van der Waals surface area contributed by atoms with Crippen LogP contribution in [0.15, 0.2) is 41.8 Å². The van der Waals surface area contributed by atoms with Crippen molar-refractivity contribution >= 4 is 10.0 Å². The van der Waals surface area contributed by atoms with Gasteiger partial charge in [0.25, 0.3) is 0 Å². The van der Waals surface area contributed by atoms with Crippen LogP contribution in [-0.2, 0) is 29.3 Å². The van der Waals surface area contributed by atoms with Crippen LogP contribution < -0.4 is 0 Å². The Morgan fingerprint density at radius 3 is 2.31 bits per heavy atom. The Bertz CT molecular complexity index is 901. The Balaban J connectivity index is 2.28. The van der Waals surface area contributed by atoms with E-state index in [2.05, 4.69) is 11.7 Å².